The second-order valence-electron chi connectivity index (χ2n) is 10.4. The third-order valence-corrected chi connectivity index (χ3v) is 9.30. The van der Waals surface area contributed by atoms with Gasteiger partial charge in [0.2, 0.25) is 0 Å². The zero-order chi connectivity index (χ0) is 32.6. The number of carbonyl (C=O) groups is 2. The van der Waals surface area contributed by atoms with Gasteiger partial charge >= 0.3 is 5.97 Å². The van der Waals surface area contributed by atoms with E-state index in [4.69, 9.17) is 54.4 Å². The molecular formula is C33H32Cl2N2O7S2. The van der Waals surface area contributed by atoms with Gasteiger partial charge < -0.3 is 24.1 Å². The number of carbonyl (C=O) groups excluding carboxylic acids is 1. The average molecular weight is 704 g/mol. The predicted octanol–water partition coefficient (Wildman–Crippen LogP) is 6.75. The Labute approximate surface area is 286 Å². The van der Waals surface area contributed by atoms with Crippen LogP contribution in [0.3, 0.4) is 0 Å². The normalized spacial score (nSPS) is 16.2. The summed E-state index contributed by atoms with van der Waals surface area (Å²) in [7, 11) is 1.45. The molecule has 2 fully saturated rings. The maximum atomic E-state index is 13.5. The number of carboxylic acids is 1. The van der Waals surface area contributed by atoms with Crippen LogP contribution in [0.15, 0.2) is 59.5 Å². The van der Waals surface area contributed by atoms with E-state index in [9.17, 15) is 14.7 Å². The molecule has 0 aliphatic carbocycles. The van der Waals surface area contributed by atoms with Crippen molar-refractivity contribution in [2.24, 2.45) is 0 Å². The minimum Gasteiger partial charge on any atom is -0.493 e. The Balaban J connectivity index is 1.29. The van der Waals surface area contributed by atoms with Crippen LogP contribution in [0.25, 0.3) is 17.2 Å². The molecule has 1 N–H and O–H groups in total. The van der Waals surface area contributed by atoms with Crippen molar-refractivity contribution in [2.45, 2.75) is 6.42 Å². The van der Waals surface area contributed by atoms with Crippen molar-refractivity contribution in [3.8, 4) is 28.4 Å². The minimum atomic E-state index is -1.06. The van der Waals surface area contributed by atoms with Gasteiger partial charge in [-0.1, -0.05) is 59.3 Å². The SMILES string of the molecule is COc1cc(C(=O)O)ccc1OCCCN1C(=O)/C(=C/c2cc(-c3ccc(Cl)cc3Cl)ccc2OCCN2CCOCC2)SC1=S. The Morgan fingerprint density at radius 3 is 2.50 bits per heavy atom. The molecule has 3 aromatic rings. The van der Waals surface area contributed by atoms with E-state index in [0.29, 0.717) is 69.3 Å². The monoisotopic (exact) mass is 702 g/mol. The number of thiocarbonyl (C=S) groups is 1. The Hall–Kier alpha value is -3.32. The quantitative estimate of drug-likeness (QED) is 0.117. The first kappa shape index (κ1) is 34.0. The first-order chi connectivity index (χ1) is 22.2. The number of methoxy groups -OCH3 is 1. The third kappa shape index (κ3) is 8.52. The molecule has 46 heavy (non-hydrogen) atoms. The van der Waals surface area contributed by atoms with Crippen molar-refractivity contribution in [2.75, 3.05) is 59.7 Å². The van der Waals surface area contributed by atoms with Gasteiger partial charge in [-0.2, -0.15) is 0 Å². The molecular weight excluding hydrogens is 671 g/mol. The lowest BCUT2D eigenvalue weighted by atomic mass is 10.0. The first-order valence-electron chi connectivity index (χ1n) is 14.6. The molecule has 2 heterocycles. The van der Waals surface area contributed by atoms with E-state index in [-0.39, 0.29) is 18.1 Å². The van der Waals surface area contributed by atoms with Crippen molar-refractivity contribution in [1.82, 2.24) is 9.80 Å². The molecule has 0 bridgehead atoms. The molecule has 9 nitrogen and oxygen atoms in total. The number of amides is 1. The second kappa shape index (κ2) is 16.0. The Morgan fingerprint density at radius 2 is 1.76 bits per heavy atom. The van der Waals surface area contributed by atoms with Crippen LogP contribution in [0.2, 0.25) is 10.0 Å². The number of halogens is 2. The maximum absolute atomic E-state index is 13.5. The predicted molar refractivity (Wildman–Crippen MR) is 185 cm³/mol. The van der Waals surface area contributed by atoms with Crippen LogP contribution in [0.5, 0.6) is 17.2 Å². The van der Waals surface area contributed by atoms with Crippen LogP contribution >= 0.6 is 47.2 Å². The smallest absolute Gasteiger partial charge is 0.335 e. The summed E-state index contributed by atoms with van der Waals surface area (Å²) in [5.41, 5.74) is 2.49. The molecule has 2 aliphatic rings. The van der Waals surface area contributed by atoms with Gasteiger partial charge in [-0.05, 0) is 60.5 Å². The molecule has 0 atom stereocenters. The number of rotatable bonds is 13. The largest absolute Gasteiger partial charge is 0.493 e. The topological polar surface area (TPSA) is 97.8 Å². The highest BCUT2D eigenvalue weighted by atomic mass is 35.5. The Bertz CT molecular complexity index is 1650. The van der Waals surface area contributed by atoms with E-state index in [1.807, 2.05) is 30.3 Å². The van der Waals surface area contributed by atoms with Crippen LogP contribution in [0.1, 0.15) is 22.3 Å². The van der Waals surface area contributed by atoms with Crippen LogP contribution in [-0.4, -0.2) is 90.8 Å². The van der Waals surface area contributed by atoms with E-state index in [0.717, 1.165) is 36.3 Å². The molecule has 1 amide bonds. The third-order valence-electron chi connectivity index (χ3n) is 7.38. The van der Waals surface area contributed by atoms with Gasteiger partial charge in [0, 0.05) is 47.4 Å². The molecule has 0 unspecified atom stereocenters. The zero-order valence-corrected chi connectivity index (χ0v) is 28.1. The van der Waals surface area contributed by atoms with Crippen molar-refractivity contribution in [1.29, 1.82) is 0 Å². The molecule has 13 heteroatoms. The molecule has 5 rings (SSSR count). The van der Waals surface area contributed by atoms with Crippen LogP contribution < -0.4 is 14.2 Å². The van der Waals surface area contributed by atoms with Gasteiger partial charge in [0.05, 0.1) is 37.4 Å². The van der Waals surface area contributed by atoms with E-state index in [1.54, 1.807) is 23.1 Å². The highest BCUT2D eigenvalue weighted by Crippen LogP contribution is 2.38. The van der Waals surface area contributed by atoms with E-state index in [1.165, 1.54) is 31.0 Å². The number of benzene rings is 3. The van der Waals surface area contributed by atoms with E-state index < -0.39 is 5.97 Å². The van der Waals surface area contributed by atoms with Crippen molar-refractivity contribution in [3.05, 3.63) is 80.7 Å². The molecule has 2 aliphatic heterocycles. The average Bonchev–Trinajstić information content (AvgIpc) is 3.31. The first-order valence-corrected chi connectivity index (χ1v) is 16.5. The van der Waals surface area contributed by atoms with Crippen LogP contribution in [0.4, 0.5) is 0 Å². The lowest BCUT2D eigenvalue weighted by molar-refractivity contribution is -0.122. The van der Waals surface area contributed by atoms with Gasteiger partial charge in [0.25, 0.3) is 5.91 Å². The van der Waals surface area contributed by atoms with Crippen LogP contribution in [-0.2, 0) is 9.53 Å². The van der Waals surface area contributed by atoms with Gasteiger partial charge in [-0.25, -0.2) is 4.79 Å². The molecule has 2 saturated heterocycles. The standard InChI is InChI=1S/C33H32Cl2N2O7S2/c1-41-29-18-22(32(39)40)4-8-28(29)43-13-2-9-37-31(38)30(46-33(37)45)19-23-17-21(25-6-5-24(34)20-26(25)35)3-7-27(23)44-16-12-36-10-14-42-15-11-36/h3-8,17-20H,2,9-16H2,1H3,(H,39,40)/b30-19-. The minimum absolute atomic E-state index is 0.0982. The summed E-state index contributed by atoms with van der Waals surface area (Å²) in [6.07, 6.45) is 2.30. The number of morpholine rings is 1. The second-order valence-corrected chi connectivity index (χ2v) is 12.9. The summed E-state index contributed by atoms with van der Waals surface area (Å²) in [4.78, 5) is 29.1. The summed E-state index contributed by atoms with van der Waals surface area (Å²) in [5.74, 6) is 0.119. The number of hydrogen-bond acceptors (Lipinski definition) is 9. The summed E-state index contributed by atoms with van der Waals surface area (Å²) < 4.78 is 23.2. The number of thioether (sulfide) groups is 1. The number of carboxylic acid groups (broad SMARTS) is 1. The Kier molecular flexibility index (Phi) is 11.8. The summed E-state index contributed by atoms with van der Waals surface area (Å²) in [6, 6.07) is 15.5. The van der Waals surface area contributed by atoms with E-state index >= 15 is 0 Å². The molecule has 0 spiro atoms. The van der Waals surface area contributed by atoms with E-state index in [2.05, 4.69) is 4.90 Å². The number of ether oxygens (including phenoxy) is 4. The number of aromatic carboxylic acids is 1. The van der Waals surface area contributed by atoms with Crippen molar-refractivity contribution in [3.63, 3.8) is 0 Å². The van der Waals surface area contributed by atoms with Gasteiger partial charge in [-0.15, -0.1) is 0 Å². The van der Waals surface area contributed by atoms with Gasteiger partial charge in [-0.3, -0.25) is 14.6 Å². The van der Waals surface area contributed by atoms with Gasteiger partial charge in [0.15, 0.2) is 11.5 Å². The van der Waals surface area contributed by atoms with Crippen molar-refractivity contribution >= 4 is 69.5 Å². The maximum Gasteiger partial charge on any atom is 0.335 e. The molecule has 242 valence electrons. The van der Waals surface area contributed by atoms with Gasteiger partial charge in [0.1, 0.15) is 16.7 Å². The lowest BCUT2D eigenvalue weighted by Gasteiger charge is -2.26. The fourth-order valence-electron chi connectivity index (χ4n) is 4.95. The Morgan fingerprint density at radius 1 is 1.00 bits per heavy atom. The number of hydrogen-bond donors (Lipinski definition) is 1. The lowest BCUT2D eigenvalue weighted by Crippen LogP contribution is -2.38. The van der Waals surface area contributed by atoms with Crippen LogP contribution in [0, 0.1) is 0 Å². The zero-order valence-electron chi connectivity index (χ0n) is 25.0. The summed E-state index contributed by atoms with van der Waals surface area (Å²) >= 11 is 19.5. The highest BCUT2D eigenvalue weighted by molar-refractivity contribution is 8.26. The summed E-state index contributed by atoms with van der Waals surface area (Å²) in [5, 5.41) is 10.3. The fourth-order valence-corrected chi connectivity index (χ4v) is 6.77. The molecule has 0 saturated carbocycles. The fraction of sp³-hybridized carbons (Fsp3) is 0.303. The highest BCUT2D eigenvalue weighted by Gasteiger charge is 2.32. The molecule has 3 aromatic carbocycles. The summed E-state index contributed by atoms with van der Waals surface area (Å²) in [6.45, 7) is 5.00. The molecule has 0 radical (unpaired) electrons. The molecule has 0 aromatic heterocycles. The number of nitrogens with zero attached hydrogens (tertiary/aromatic N) is 2. The van der Waals surface area contributed by atoms with Crippen molar-refractivity contribution < 1.29 is 33.6 Å².